The maximum atomic E-state index is 5.55. The highest BCUT2D eigenvalue weighted by atomic mass is 16.5. The molecule has 1 heteroatoms. The van der Waals surface area contributed by atoms with E-state index < -0.39 is 0 Å². The third kappa shape index (κ3) is 1.28. The summed E-state index contributed by atoms with van der Waals surface area (Å²) in [6.45, 7) is 4.53. The minimum Gasteiger partial charge on any atom is -0.376 e. The predicted molar refractivity (Wildman–Crippen MR) is 53.7 cm³/mol. The standard InChI is InChI=1S/C12H16O/c1-12(2)8-9-6-4-5-7-10(9)11(12)13-3/h4-7,11H,8H2,1-3H3/t11-/m0/s1. The topological polar surface area (TPSA) is 9.23 Å². The van der Waals surface area contributed by atoms with Gasteiger partial charge in [-0.3, -0.25) is 0 Å². The summed E-state index contributed by atoms with van der Waals surface area (Å²) in [6, 6.07) is 8.58. The molecule has 0 amide bonds. The highest BCUT2D eigenvalue weighted by molar-refractivity contribution is 5.36. The van der Waals surface area contributed by atoms with Crippen molar-refractivity contribution in [3.05, 3.63) is 35.4 Å². The van der Waals surface area contributed by atoms with Crippen LogP contribution in [0, 0.1) is 5.41 Å². The molecule has 0 aliphatic heterocycles. The van der Waals surface area contributed by atoms with Gasteiger partial charge in [0.2, 0.25) is 0 Å². The van der Waals surface area contributed by atoms with Crippen molar-refractivity contribution in [2.24, 2.45) is 5.41 Å². The number of methoxy groups -OCH3 is 1. The van der Waals surface area contributed by atoms with Gasteiger partial charge in [0.15, 0.2) is 0 Å². The first-order chi connectivity index (χ1) is 6.15. The van der Waals surface area contributed by atoms with Crippen LogP contribution in [0.1, 0.15) is 31.1 Å². The zero-order valence-electron chi connectivity index (χ0n) is 8.50. The summed E-state index contributed by atoms with van der Waals surface area (Å²) >= 11 is 0. The summed E-state index contributed by atoms with van der Waals surface area (Å²) in [6.07, 6.45) is 1.39. The Kier molecular flexibility index (Phi) is 1.92. The van der Waals surface area contributed by atoms with Gasteiger partial charge in [0.25, 0.3) is 0 Å². The second-order valence-electron chi connectivity index (χ2n) is 4.48. The largest absolute Gasteiger partial charge is 0.376 e. The van der Waals surface area contributed by atoms with Crippen LogP contribution in [0.4, 0.5) is 0 Å². The molecule has 0 heterocycles. The third-order valence-corrected chi connectivity index (χ3v) is 2.93. The van der Waals surface area contributed by atoms with E-state index in [1.807, 2.05) is 0 Å². The zero-order valence-corrected chi connectivity index (χ0v) is 8.50. The quantitative estimate of drug-likeness (QED) is 0.639. The molecule has 0 aromatic heterocycles. The molecular formula is C12H16O. The molecule has 0 unspecified atom stereocenters. The molecule has 0 saturated heterocycles. The molecule has 1 aliphatic carbocycles. The van der Waals surface area contributed by atoms with Gasteiger partial charge in [0, 0.05) is 7.11 Å². The first-order valence-corrected chi connectivity index (χ1v) is 4.76. The van der Waals surface area contributed by atoms with E-state index in [0.717, 1.165) is 6.42 Å². The average Bonchev–Trinajstić information content (AvgIpc) is 2.33. The molecule has 1 aromatic rings. The van der Waals surface area contributed by atoms with Gasteiger partial charge in [0.05, 0.1) is 6.10 Å². The molecule has 1 nitrogen and oxygen atoms in total. The Hall–Kier alpha value is -0.820. The smallest absolute Gasteiger partial charge is 0.0877 e. The summed E-state index contributed by atoms with van der Waals surface area (Å²) < 4.78 is 5.55. The number of hydrogen-bond acceptors (Lipinski definition) is 1. The Morgan fingerprint density at radius 1 is 1.31 bits per heavy atom. The van der Waals surface area contributed by atoms with Gasteiger partial charge < -0.3 is 4.74 Å². The first kappa shape index (κ1) is 8.76. The first-order valence-electron chi connectivity index (χ1n) is 4.76. The van der Waals surface area contributed by atoms with Crippen molar-refractivity contribution in [3.8, 4) is 0 Å². The number of fused-ring (bicyclic) bond motifs is 1. The summed E-state index contributed by atoms with van der Waals surface area (Å²) in [4.78, 5) is 0. The van der Waals surface area contributed by atoms with Gasteiger partial charge in [-0.1, -0.05) is 38.1 Å². The van der Waals surface area contributed by atoms with E-state index in [2.05, 4.69) is 38.1 Å². The summed E-state index contributed by atoms with van der Waals surface area (Å²) in [5, 5.41) is 0. The van der Waals surface area contributed by atoms with Crippen molar-refractivity contribution in [1.82, 2.24) is 0 Å². The highest BCUT2D eigenvalue weighted by Crippen LogP contribution is 2.46. The van der Waals surface area contributed by atoms with Crippen LogP contribution < -0.4 is 0 Å². The SMILES string of the molecule is CO[C@H]1c2ccccc2CC1(C)C. The Morgan fingerprint density at radius 3 is 2.69 bits per heavy atom. The molecule has 1 atom stereocenters. The fraction of sp³-hybridized carbons (Fsp3) is 0.500. The van der Waals surface area contributed by atoms with Crippen molar-refractivity contribution in [2.45, 2.75) is 26.4 Å². The van der Waals surface area contributed by atoms with Crippen LogP contribution in [0.2, 0.25) is 0 Å². The lowest BCUT2D eigenvalue weighted by atomic mass is 9.87. The summed E-state index contributed by atoms with van der Waals surface area (Å²) in [5.41, 5.74) is 3.06. The second-order valence-corrected chi connectivity index (χ2v) is 4.48. The second kappa shape index (κ2) is 2.85. The van der Waals surface area contributed by atoms with Crippen LogP contribution >= 0.6 is 0 Å². The van der Waals surface area contributed by atoms with E-state index in [-0.39, 0.29) is 11.5 Å². The van der Waals surface area contributed by atoms with Crippen molar-refractivity contribution in [3.63, 3.8) is 0 Å². The van der Waals surface area contributed by atoms with E-state index >= 15 is 0 Å². The molecule has 0 N–H and O–H groups in total. The molecule has 0 spiro atoms. The lowest BCUT2D eigenvalue weighted by Crippen LogP contribution is -2.18. The predicted octanol–water partition coefficient (Wildman–Crippen LogP) is 2.96. The molecule has 0 bridgehead atoms. The zero-order chi connectivity index (χ0) is 9.47. The maximum absolute atomic E-state index is 5.55. The van der Waals surface area contributed by atoms with Crippen molar-refractivity contribution in [1.29, 1.82) is 0 Å². The molecule has 13 heavy (non-hydrogen) atoms. The van der Waals surface area contributed by atoms with Gasteiger partial charge in [0.1, 0.15) is 0 Å². The molecule has 0 radical (unpaired) electrons. The minimum atomic E-state index is 0.248. The average molecular weight is 176 g/mol. The van der Waals surface area contributed by atoms with Crippen LogP contribution in [0.5, 0.6) is 0 Å². The van der Waals surface area contributed by atoms with Gasteiger partial charge >= 0.3 is 0 Å². The number of hydrogen-bond donors (Lipinski definition) is 0. The Balaban J connectivity index is 2.46. The molecule has 70 valence electrons. The molecular weight excluding hydrogens is 160 g/mol. The molecule has 0 fully saturated rings. The van der Waals surface area contributed by atoms with Crippen LogP contribution in [0.15, 0.2) is 24.3 Å². The van der Waals surface area contributed by atoms with Gasteiger partial charge in [-0.25, -0.2) is 0 Å². The Labute approximate surface area is 79.7 Å². The summed E-state index contributed by atoms with van der Waals surface area (Å²) in [5.74, 6) is 0. The van der Waals surface area contributed by atoms with Crippen LogP contribution in [0.3, 0.4) is 0 Å². The lowest BCUT2D eigenvalue weighted by Gasteiger charge is -2.25. The van der Waals surface area contributed by atoms with Gasteiger partial charge in [-0.2, -0.15) is 0 Å². The Bertz CT molecular complexity index is 315. The Morgan fingerprint density at radius 2 is 2.00 bits per heavy atom. The van der Waals surface area contributed by atoms with Crippen LogP contribution in [-0.2, 0) is 11.2 Å². The summed E-state index contributed by atoms with van der Waals surface area (Å²) in [7, 11) is 1.80. The van der Waals surface area contributed by atoms with E-state index in [1.54, 1.807) is 7.11 Å². The van der Waals surface area contributed by atoms with Crippen LogP contribution in [-0.4, -0.2) is 7.11 Å². The fourth-order valence-corrected chi connectivity index (χ4v) is 2.40. The number of rotatable bonds is 1. The molecule has 1 aliphatic rings. The van der Waals surface area contributed by atoms with E-state index in [1.165, 1.54) is 11.1 Å². The van der Waals surface area contributed by atoms with Gasteiger partial charge in [-0.05, 0) is 23.0 Å². The van der Waals surface area contributed by atoms with Gasteiger partial charge in [-0.15, -0.1) is 0 Å². The lowest BCUT2D eigenvalue weighted by molar-refractivity contribution is 0.0190. The van der Waals surface area contributed by atoms with E-state index in [4.69, 9.17) is 4.74 Å². The minimum absolute atomic E-state index is 0.248. The number of benzene rings is 1. The third-order valence-electron chi connectivity index (χ3n) is 2.93. The van der Waals surface area contributed by atoms with Crippen molar-refractivity contribution < 1.29 is 4.74 Å². The van der Waals surface area contributed by atoms with E-state index in [0.29, 0.717) is 0 Å². The van der Waals surface area contributed by atoms with Crippen molar-refractivity contribution >= 4 is 0 Å². The highest BCUT2D eigenvalue weighted by Gasteiger charge is 2.38. The normalized spacial score (nSPS) is 24.4. The number of ether oxygens (including phenoxy) is 1. The van der Waals surface area contributed by atoms with Crippen LogP contribution in [0.25, 0.3) is 0 Å². The fourth-order valence-electron chi connectivity index (χ4n) is 2.40. The van der Waals surface area contributed by atoms with Crippen molar-refractivity contribution in [2.75, 3.05) is 7.11 Å². The van der Waals surface area contributed by atoms with E-state index in [9.17, 15) is 0 Å². The maximum Gasteiger partial charge on any atom is 0.0877 e. The molecule has 1 aromatic carbocycles. The monoisotopic (exact) mass is 176 g/mol. The molecule has 0 saturated carbocycles. The molecule has 2 rings (SSSR count).